The van der Waals surface area contributed by atoms with Crippen LogP contribution >= 0.6 is 0 Å². The number of nitrogens with zero attached hydrogens (tertiary/aromatic N) is 1. The molecule has 3 aliphatic rings. The minimum atomic E-state index is -0.446. The van der Waals surface area contributed by atoms with E-state index in [1.54, 1.807) is 14.0 Å². The van der Waals surface area contributed by atoms with Crippen molar-refractivity contribution in [3.8, 4) is 0 Å². The number of carbonyl (C=O) groups excluding carboxylic acids is 2. The zero-order valence-corrected chi connectivity index (χ0v) is 16.8. The van der Waals surface area contributed by atoms with E-state index >= 15 is 0 Å². The predicted molar refractivity (Wildman–Crippen MR) is 107 cm³/mol. The zero-order chi connectivity index (χ0) is 19.7. The van der Waals surface area contributed by atoms with Gasteiger partial charge in [0.15, 0.2) is 0 Å². The van der Waals surface area contributed by atoms with Crippen molar-refractivity contribution in [2.75, 3.05) is 7.05 Å². The summed E-state index contributed by atoms with van der Waals surface area (Å²) in [7, 11) is 1.75. The van der Waals surface area contributed by atoms with Crippen molar-refractivity contribution in [1.29, 1.82) is 0 Å². The van der Waals surface area contributed by atoms with E-state index in [1.807, 2.05) is 4.90 Å². The maximum Gasteiger partial charge on any atom is 0.247 e. The van der Waals surface area contributed by atoms with E-state index in [2.05, 4.69) is 34.9 Å². The van der Waals surface area contributed by atoms with Gasteiger partial charge in [0.05, 0.1) is 12.1 Å². The Bertz CT molecular complexity index is 712. The number of rotatable bonds is 5. The molecule has 2 heterocycles. The van der Waals surface area contributed by atoms with E-state index in [0.717, 1.165) is 38.5 Å². The van der Waals surface area contributed by atoms with Crippen LogP contribution in [0.3, 0.4) is 0 Å². The second kappa shape index (κ2) is 8.21. The number of hydrogen-bond acceptors (Lipinski definition) is 4. The van der Waals surface area contributed by atoms with Gasteiger partial charge in [0.1, 0.15) is 12.3 Å². The first-order valence-corrected chi connectivity index (χ1v) is 10.6. The fourth-order valence-corrected chi connectivity index (χ4v) is 4.85. The average Bonchev–Trinajstić information content (AvgIpc) is 3.25. The minimum absolute atomic E-state index is 0.0252. The van der Waals surface area contributed by atoms with E-state index in [0.29, 0.717) is 6.42 Å². The van der Waals surface area contributed by atoms with Crippen LogP contribution in [0.1, 0.15) is 50.2 Å². The summed E-state index contributed by atoms with van der Waals surface area (Å²) in [6.07, 6.45) is 6.32. The highest BCUT2D eigenvalue weighted by Gasteiger charge is 2.43. The van der Waals surface area contributed by atoms with E-state index < -0.39 is 6.04 Å². The standard InChI is InChI=1S/C22H31N3O3/c1-14(23-2)21(26)24-19-9-5-8-17-10-11-20(25(17)22(19)27)28-18-12-15-6-3-4-7-16(15)13-18/h3-4,6-7,14,17-20,23H,5,8-13H2,1-2H3,(H,24,26)/t14?,17-,19-,20?/m0/s1. The molecule has 2 N–H and O–H groups in total. The molecule has 2 amide bonds. The number of nitrogens with one attached hydrogen (secondary N) is 2. The lowest BCUT2D eigenvalue weighted by molar-refractivity contribution is -0.152. The molecule has 1 aromatic rings. The molecule has 28 heavy (non-hydrogen) atoms. The highest BCUT2D eigenvalue weighted by Crippen LogP contribution is 2.34. The van der Waals surface area contributed by atoms with Crippen LogP contribution in [0, 0.1) is 0 Å². The molecule has 2 aliphatic heterocycles. The van der Waals surface area contributed by atoms with Crippen LogP contribution < -0.4 is 10.6 Å². The lowest BCUT2D eigenvalue weighted by atomic mass is 10.1. The van der Waals surface area contributed by atoms with E-state index in [-0.39, 0.29) is 36.2 Å². The van der Waals surface area contributed by atoms with Crippen molar-refractivity contribution < 1.29 is 14.3 Å². The molecule has 2 unspecified atom stereocenters. The van der Waals surface area contributed by atoms with Gasteiger partial charge in [-0.2, -0.15) is 0 Å². The quantitative estimate of drug-likeness (QED) is 0.810. The Morgan fingerprint density at radius 1 is 1.14 bits per heavy atom. The molecule has 0 aromatic heterocycles. The summed E-state index contributed by atoms with van der Waals surface area (Å²) in [5.41, 5.74) is 2.71. The predicted octanol–water partition coefficient (Wildman–Crippen LogP) is 1.76. The maximum atomic E-state index is 13.3. The van der Waals surface area contributed by atoms with Crippen LogP contribution in [-0.4, -0.2) is 54.2 Å². The van der Waals surface area contributed by atoms with Gasteiger partial charge in [-0.15, -0.1) is 0 Å². The van der Waals surface area contributed by atoms with Crippen LogP contribution in [0.15, 0.2) is 24.3 Å². The summed E-state index contributed by atoms with van der Waals surface area (Å²) in [6.45, 7) is 1.80. The lowest BCUT2D eigenvalue weighted by Crippen LogP contribution is -2.54. The smallest absolute Gasteiger partial charge is 0.247 e. The molecule has 2 saturated heterocycles. The molecular weight excluding hydrogens is 354 g/mol. The first-order chi connectivity index (χ1) is 13.6. The molecular formula is C22H31N3O3. The topological polar surface area (TPSA) is 70.7 Å². The van der Waals surface area contributed by atoms with E-state index in [9.17, 15) is 9.59 Å². The molecule has 0 radical (unpaired) electrons. The Labute approximate surface area is 167 Å². The number of amides is 2. The molecule has 152 valence electrons. The number of benzene rings is 1. The van der Waals surface area contributed by atoms with Gasteiger partial charge in [-0.05, 0) is 70.0 Å². The first kappa shape index (κ1) is 19.4. The number of ether oxygens (including phenoxy) is 1. The third kappa shape index (κ3) is 3.80. The molecule has 6 nitrogen and oxygen atoms in total. The fourth-order valence-electron chi connectivity index (χ4n) is 4.85. The van der Waals surface area contributed by atoms with Crippen LogP contribution in [0.25, 0.3) is 0 Å². The highest BCUT2D eigenvalue weighted by atomic mass is 16.5. The third-order valence-corrected chi connectivity index (χ3v) is 6.54. The lowest BCUT2D eigenvalue weighted by Gasteiger charge is -2.32. The molecule has 1 aliphatic carbocycles. The van der Waals surface area contributed by atoms with Crippen LogP contribution in [0.4, 0.5) is 0 Å². The Kier molecular flexibility index (Phi) is 5.69. The van der Waals surface area contributed by atoms with Gasteiger partial charge >= 0.3 is 0 Å². The summed E-state index contributed by atoms with van der Waals surface area (Å²) in [5, 5.41) is 5.89. The zero-order valence-electron chi connectivity index (χ0n) is 16.8. The normalized spacial score (nSPS) is 28.6. The summed E-state index contributed by atoms with van der Waals surface area (Å²) < 4.78 is 6.45. The van der Waals surface area contributed by atoms with Gasteiger partial charge in [0, 0.05) is 6.04 Å². The number of fused-ring (bicyclic) bond motifs is 2. The number of carbonyl (C=O) groups is 2. The fraction of sp³-hybridized carbons (Fsp3) is 0.636. The molecule has 0 spiro atoms. The largest absolute Gasteiger partial charge is 0.354 e. The van der Waals surface area contributed by atoms with E-state index in [1.165, 1.54) is 11.1 Å². The van der Waals surface area contributed by atoms with Gasteiger partial charge in [-0.1, -0.05) is 24.3 Å². The summed E-state index contributed by atoms with van der Waals surface area (Å²) >= 11 is 0. The number of hydrogen-bond donors (Lipinski definition) is 2. The van der Waals surface area contributed by atoms with Crippen LogP contribution in [0.5, 0.6) is 0 Å². The second-order valence-electron chi connectivity index (χ2n) is 8.37. The van der Waals surface area contributed by atoms with Gasteiger partial charge < -0.3 is 20.3 Å². The number of likely N-dealkylation sites (N-methyl/N-ethyl adjacent to an activating group) is 1. The average molecular weight is 386 g/mol. The molecule has 2 fully saturated rings. The van der Waals surface area contributed by atoms with Crippen molar-refractivity contribution in [3.05, 3.63) is 35.4 Å². The summed E-state index contributed by atoms with van der Waals surface area (Å²) in [5.74, 6) is -0.0978. The molecule has 6 heteroatoms. The highest BCUT2D eigenvalue weighted by molar-refractivity contribution is 5.90. The molecule has 4 rings (SSSR count). The van der Waals surface area contributed by atoms with Crippen molar-refractivity contribution in [1.82, 2.24) is 15.5 Å². The Morgan fingerprint density at radius 2 is 1.86 bits per heavy atom. The van der Waals surface area contributed by atoms with Gasteiger partial charge in [0.25, 0.3) is 0 Å². The van der Waals surface area contributed by atoms with Crippen molar-refractivity contribution >= 4 is 11.8 Å². The van der Waals surface area contributed by atoms with Crippen molar-refractivity contribution in [2.45, 2.75) is 82.3 Å². The third-order valence-electron chi connectivity index (χ3n) is 6.54. The van der Waals surface area contributed by atoms with Crippen LogP contribution in [-0.2, 0) is 27.2 Å². The monoisotopic (exact) mass is 385 g/mol. The first-order valence-electron chi connectivity index (χ1n) is 10.6. The van der Waals surface area contributed by atoms with Crippen LogP contribution in [0.2, 0.25) is 0 Å². The van der Waals surface area contributed by atoms with Crippen molar-refractivity contribution in [3.63, 3.8) is 0 Å². The summed E-state index contributed by atoms with van der Waals surface area (Å²) in [4.78, 5) is 27.5. The maximum absolute atomic E-state index is 13.3. The Balaban J connectivity index is 1.43. The minimum Gasteiger partial charge on any atom is -0.354 e. The van der Waals surface area contributed by atoms with Gasteiger partial charge in [0.2, 0.25) is 11.8 Å². The molecule has 4 atom stereocenters. The molecule has 0 bridgehead atoms. The summed E-state index contributed by atoms with van der Waals surface area (Å²) in [6, 6.07) is 7.97. The van der Waals surface area contributed by atoms with Gasteiger partial charge in [-0.25, -0.2) is 0 Å². The van der Waals surface area contributed by atoms with E-state index in [4.69, 9.17) is 4.74 Å². The molecule has 1 aromatic carbocycles. The Morgan fingerprint density at radius 3 is 2.54 bits per heavy atom. The van der Waals surface area contributed by atoms with Gasteiger partial charge in [-0.3, -0.25) is 9.59 Å². The molecule has 0 saturated carbocycles. The van der Waals surface area contributed by atoms with Crippen molar-refractivity contribution in [2.24, 2.45) is 0 Å². The Hall–Kier alpha value is -1.92. The SMILES string of the molecule is CNC(C)C(=O)N[C@H]1CCC[C@H]2CCC(OC3Cc4ccccc4C3)N2C1=O. The second-order valence-corrected chi connectivity index (χ2v) is 8.37.